The Bertz CT molecular complexity index is 946. The van der Waals surface area contributed by atoms with Crippen molar-refractivity contribution in [3.05, 3.63) is 52.1 Å². The summed E-state index contributed by atoms with van der Waals surface area (Å²) in [6.07, 6.45) is 0. The number of hydrogen-bond donors (Lipinski definition) is 0. The zero-order valence-electron chi connectivity index (χ0n) is 14.1. The first-order valence-corrected chi connectivity index (χ1v) is 9.55. The van der Waals surface area contributed by atoms with Crippen molar-refractivity contribution in [2.24, 2.45) is 0 Å². The van der Waals surface area contributed by atoms with Crippen LogP contribution in [0.25, 0.3) is 16.6 Å². The number of ether oxygens (including phenoxy) is 2. The molecule has 0 spiro atoms. The summed E-state index contributed by atoms with van der Waals surface area (Å²) in [6.45, 7) is 1.96. The maximum absolute atomic E-state index is 12.5. The first-order valence-electron chi connectivity index (χ1n) is 7.64. The number of fused-ring (bicyclic) bond motifs is 1. The van der Waals surface area contributed by atoms with E-state index in [-0.39, 0.29) is 11.1 Å². The van der Waals surface area contributed by atoms with Gasteiger partial charge in [-0.25, -0.2) is 0 Å². The third kappa shape index (κ3) is 3.09. The molecule has 0 aliphatic heterocycles. The van der Waals surface area contributed by atoms with Gasteiger partial charge in [-0.15, -0.1) is 0 Å². The summed E-state index contributed by atoms with van der Waals surface area (Å²) in [6, 6.07) is 11.7. The fraction of sp³-hybridized carbons (Fsp3) is 0.211. The van der Waals surface area contributed by atoms with Gasteiger partial charge in [-0.2, -0.15) is 0 Å². The van der Waals surface area contributed by atoms with Gasteiger partial charge in [-0.3, -0.25) is 4.79 Å². The Morgan fingerprint density at radius 3 is 2.36 bits per heavy atom. The van der Waals surface area contributed by atoms with E-state index in [1.54, 1.807) is 14.2 Å². The summed E-state index contributed by atoms with van der Waals surface area (Å²) >= 11 is 6.83. The van der Waals surface area contributed by atoms with E-state index in [9.17, 15) is 4.79 Å². The quantitative estimate of drug-likeness (QED) is 0.378. The molecule has 0 bridgehead atoms. The van der Waals surface area contributed by atoms with Crippen LogP contribution in [0, 0.1) is 6.92 Å². The van der Waals surface area contributed by atoms with Crippen LogP contribution in [-0.4, -0.2) is 29.9 Å². The molecule has 3 aromatic rings. The van der Waals surface area contributed by atoms with E-state index in [0.717, 1.165) is 32.5 Å². The number of carbonyl (C=O) groups excluding carboxylic acids is 1. The second kappa shape index (κ2) is 7.22. The molecule has 3 rings (SSSR count). The summed E-state index contributed by atoms with van der Waals surface area (Å²) < 4.78 is 13.6. The summed E-state index contributed by atoms with van der Waals surface area (Å²) in [4.78, 5) is 12.5. The highest BCUT2D eigenvalue weighted by molar-refractivity contribution is 9.10. The highest BCUT2D eigenvalue weighted by Crippen LogP contribution is 2.37. The Morgan fingerprint density at radius 2 is 1.80 bits per heavy atom. The Kier molecular flexibility index (Phi) is 5.20. The molecule has 4 nitrogen and oxygen atoms in total. The molecule has 0 atom stereocenters. The maximum atomic E-state index is 12.5. The average Bonchev–Trinajstić information content (AvgIpc) is 2.91. The molecule has 0 saturated heterocycles. The van der Waals surface area contributed by atoms with Crippen molar-refractivity contribution in [3.63, 3.8) is 0 Å². The summed E-state index contributed by atoms with van der Waals surface area (Å²) in [5.74, 6) is 1.53. The van der Waals surface area contributed by atoms with E-state index in [1.165, 1.54) is 0 Å². The number of hydrogen-bond acceptors (Lipinski definition) is 3. The zero-order valence-corrected chi connectivity index (χ0v) is 17.3. The van der Waals surface area contributed by atoms with Crippen LogP contribution in [0.3, 0.4) is 0 Å². The number of Topliss-reactive ketones (excluding diaryl/α,β-unsaturated/α-hetero) is 1. The molecule has 1 aromatic heterocycles. The van der Waals surface area contributed by atoms with E-state index >= 15 is 0 Å². The third-order valence-corrected chi connectivity index (χ3v) is 5.34. The Labute approximate surface area is 163 Å². The molecule has 0 aliphatic carbocycles. The number of nitrogens with zero attached hydrogens (tertiary/aromatic N) is 1. The summed E-state index contributed by atoms with van der Waals surface area (Å²) in [5, 5.41) is 1.14. The minimum absolute atomic E-state index is 0.0409. The largest absolute Gasteiger partial charge is 0.497 e. The van der Waals surface area contributed by atoms with E-state index in [2.05, 4.69) is 36.4 Å². The topological polar surface area (TPSA) is 40.5 Å². The van der Waals surface area contributed by atoms with Gasteiger partial charge in [0.15, 0.2) is 5.78 Å². The van der Waals surface area contributed by atoms with Crippen molar-refractivity contribution in [2.75, 3.05) is 19.5 Å². The van der Waals surface area contributed by atoms with Crippen LogP contribution in [0.15, 0.2) is 40.9 Å². The Morgan fingerprint density at radius 1 is 1.12 bits per heavy atom. The number of carbonyl (C=O) groups is 1. The molecule has 0 aliphatic rings. The molecule has 130 valence electrons. The van der Waals surface area contributed by atoms with Gasteiger partial charge in [0.25, 0.3) is 0 Å². The molecule has 0 amide bonds. The van der Waals surface area contributed by atoms with Crippen molar-refractivity contribution in [3.8, 4) is 17.2 Å². The van der Waals surface area contributed by atoms with Gasteiger partial charge in [0.2, 0.25) is 0 Å². The molecule has 25 heavy (non-hydrogen) atoms. The molecule has 2 aromatic carbocycles. The molecular weight excluding hydrogens is 450 g/mol. The first kappa shape index (κ1) is 18.0. The van der Waals surface area contributed by atoms with Gasteiger partial charge < -0.3 is 14.0 Å². The normalized spacial score (nSPS) is 10.9. The van der Waals surface area contributed by atoms with E-state index < -0.39 is 0 Å². The lowest BCUT2D eigenvalue weighted by Crippen LogP contribution is -2.03. The molecule has 0 radical (unpaired) electrons. The molecule has 6 heteroatoms. The van der Waals surface area contributed by atoms with Crippen molar-refractivity contribution in [1.82, 2.24) is 4.57 Å². The van der Waals surface area contributed by atoms with Gasteiger partial charge in [0, 0.05) is 22.3 Å². The zero-order chi connectivity index (χ0) is 18.1. The summed E-state index contributed by atoms with van der Waals surface area (Å²) in [7, 11) is 3.26. The lowest BCUT2D eigenvalue weighted by atomic mass is 10.1. The molecule has 0 unspecified atom stereocenters. The van der Waals surface area contributed by atoms with E-state index in [4.69, 9.17) is 9.47 Å². The van der Waals surface area contributed by atoms with Crippen LogP contribution in [0.4, 0.5) is 0 Å². The van der Waals surface area contributed by atoms with Crippen molar-refractivity contribution >= 4 is 48.5 Å². The predicted octanol–water partition coefficient (Wildman–Crippen LogP) is 5.30. The van der Waals surface area contributed by atoms with Crippen molar-refractivity contribution < 1.29 is 14.3 Å². The first-order chi connectivity index (χ1) is 12.0. The lowest BCUT2D eigenvalue weighted by molar-refractivity contribution is 0.102. The minimum atomic E-state index is 0.0409. The van der Waals surface area contributed by atoms with Crippen molar-refractivity contribution in [2.45, 2.75) is 6.92 Å². The Hall–Kier alpha value is -1.79. The van der Waals surface area contributed by atoms with Gasteiger partial charge in [0.1, 0.15) is 11.5 Å². The van der Waals surface area contributed by atoms with Gasteiger partial charge in [-0.1, -0.05) is 15.9 Å². The van der Waals surface area contributed by atoms with Crippen LogP contribution < -0.4 is 9.47 Å². The highest BCUT2D eigenvalue weighted by Gasteiger charge is 2.21. The van der Waals surface area contributed by atoms with Crippen LogP contribution in [-0.2, 0) is 0 Å². The average molecular weight is 467 g/mol. The smallest absolute Gasteiger partial charge is 0.175 e. The molecule has 0 saturated carbocycles. The standard InChI is InChI=1S/C19H17Br2NO3/c1-11-19(17(23)10-20)14-8-18(25-3)15(21)9-16(14)22(11)12-4-6-13(24-2)7-5-12/h4-9H,10H2,1-3H3. The monoisotopic (exact) mass is 465 g/mol. The number of methoxy groups -OCH3 is 2. The van der Waals surface area contributed by atoms with Crippen LogP contribution in [0.2, 0.25) is 0 Å². The molecule has 0 N–H and O–H groups in total. The van der Waals surface area contributed by atoms with Gasteiger partial charge in [0.05, 0.1) is 29.5 Å². The summed E-state index contributed by atoms with van der Waals surface area (Å²) in [5.41, 5.74) is 3.51. The van der Waals surface area contributed by atoms with Gasteiger partial charge >= 0.3 is 0 Å². The van der Waals surface area contributed by atoms with E-state index in [1.807, 2.05) is 43.3 Å². The molecule has 0 fully saturated rings. The molecular formula is C19H17Br2NO3. The third-order valence-electron chi connectivity index (χ3n) is 4.21. The lowest BCUT2D eigenvalue weighted by Gasteiger charge is -2.10. The second-order valence-corrected chi connectivity index (χ2v) is 6.97. The number of aromatic nitrogens is 1. The molecule has 1 heterocycles. The van der Waals surface area contributed by atoms with Crippen molar-refractivity contribution in [1.29, 1.82) is 0 Å². The number of ketones is 1. The second-order valence-electron chi connectivity index (χ2n) is 5.55. The predicted molar refractivity (Wildman–Crippen MR) is 107 cm³/mol. The number of halogens is 2. The number of alkyl halides is 1. The number of rotatable bonds is 5. The fourth-order valence-corrected chi connectivity index (χ4v) is 3.83. The van der Waals surface area contributed by atoms with Gasteiger partial charge in [-0.05, 0) is 59.3 Å². The van der Waals surface area contributed by atoms with Crippen LogP contribution >= 0.6 is 31.9 Å². The highest BCUT2D eigenvalue weighted by atomic mass is 79.9. The van der Waals surface area contributed by atoms with E-state index in [0.29, 0.717) is 11.3 Å². The maximum Gasteiger partial charge on any atom is 0.175 e. The fourth-order valence-electron chi connectivity index (χ4n) is 3.05. The van der Waals surface area contributed by atoms with Crippen LogP contribution in [0.1, 0.15) is 16.1 Å². The van der Waals surface area contributed by atoms with Crippen LogP contribution in [0.5, 0.6) is 11.5 Å². The SMILES string of the molecule is COc1ccc(-n2c(C)c(C(=O)CBr)c3cc(OC)c(Br)cc32)cc1. The minimum Gasteiger partial charge on any atom is -0.497 e. The number of benzene rings is 2. The Balaban J connectivity index is 2.35.